The van der Waals surface area contributed by atoms with E-state index < -0.39 is 15.6 Å². The summed E-state index contributed by atoms with van der Waals surface area (Å²) in [6.07, 6.45) is 1.31. The smallest absolute Gasteiger partial charge is 0.261 e. The van der Waals surface area contributed by atoms with Crippen molar-refractivity contribution in [2.75, 3.05) is 25.8 Å². The van der Waals surface area contributed by atoms with Crippen molar-refractivity contribution in [2.24, 2.45) is 0 Å². The van der Waals surface area contributed by atoms with Gasteiger partial charge in [-0.3, -0.25) is 4.79 Å². The van der Waals surface area contributed by atoms with E-state index in [2.05, 4.69) is 15.5 Å². The van der Waals surface area contributed by atoms with Crippen molar-refractivity contribution in [3.63, 3.8) is 0 Å². The molecule has 10 nitrogen and oxygen atoms in total. The molecule has 0 saturated carbocycles. The molecule has 1 atom stereocenters. The van der Waals surface area contributed by atoms with Gasteiger partial charge >= 0.3 is 0 Å². The Bertz CT molecular complexity index is 1700. The van der Waals surface area contributed by atoms with Crippen LogP contribution >= 0.6 is 0 Å². The summed E-state index contributed by atoms with van der Waals surface area (Å²) in [7, 11) is 0.0142. The molecule has 0 unspecified atom stereocenters. The molecule has 1 heterocycles. The maximum atomic E-state index is 13.7. The van der Waals surface area contributed by atoms with E-state index in [9.17, 15) is 14.3 Å². The minimum absolute atomic E-state index is 0.0822. The van der Waals surface area contributed by atoms with Gasteiger partial charge in [-0.2, -0.15) is 5.26 Å². The molecule has 39 heavy (non-hydrogen) atoms. The number of nitriles is 1. The largest absolute Gasteiger partial charge is 0.497 e. The van der Waals surface area contributed by atoms with Gasteiger partial charge in [0.2, 0.25) is 0 Å². The number of benzene rings is 3. The standard InChI is InChI=1S/C28H25N5O5S/c1-17-25(27(34)31-20-6-5-7-22(15-20)39(4,30)35)28(38-23-13-8-18(16-29)14-24(23)37-3)33-32-26(17)19-9-11-21(36-2)12-10-19/h5-15,30H,1-4H3,(H,31,34)/t39-/m0/s1. The summed E-state index contributed by atoms with van der Waals surface area (Å²) in [5.41, 5.74) is 2.49. The van der Waals surface area contributed by atoms with Gasteiger partial charge in [0, 0.05) is 28.5 Å². The predicted molar refractivity (Wildman–Crippen MR) is 146 cm³/mol. The Labute approximate surface area is 226 Å². The van der Waals surface area contributed by atoms with Crippen LogP contribution in [0.1, 0.15) is 21.5 Å². The molecule has 1 aromatic heterocycles. The molecule has 3 aromatic carbocycles. The maximum absolute atomic E-state index is 13.7. The lowest BCUT2D eigenvalue weighted by atomic mass is 10.0. The molecule has 0 spiro atoms. The van der Waals surface area contributed by atoms with Crippen molar-refractivity contribution in [1.82, 2.24) is 10.2 Å². The maximum Gasteiger partial charge on any atom is 0.261 e. The van der Waals surface area contributed by atoms with Crippen LogP contribution < -0.4 is 19.5 Å². The number of methoxy groups -OCH3 is 2. The van der Waals surface area contributed by atoms with Gasteiger partial charge in [0.05, 0.1) is 41.3 Å². The number of amides is 1. The molecule has 0 saturated heterocycles. The van der Waals surface area contributed by atoms with Gasteiger partial charge in [-0.05, 0) is 67.1 Å². The summed E-state index contributed by atoms with van der Waals surface area (Å²) < 4.78 is 36.7. The molecular weight excluding hydrogens is 518 g/mol. The first-order chi connectivity index (χ1) is 18.6. The monoisotopic (exact) mass is 543 g/mol. The highest BCUT2D eigenvalue weighted by atomic mass is 32.2. The average Bonchev–Trinajstić information content (AvgIpc) is 2.93. The summed E-state index contributed by atoms with van der Waals surface area (Å²) in [6, 6.07) is 20.1. The number of hydrogen-bond acceptors (Lipinski definition) is 9. The Morgan fingerprint density at radius 3 is 2.38 bits per heavy atom. The summed E-state index contributed by atoms with van der Waals surface area (Å²) in [6.45, 7) is 1.73. The molecule has 0 fully saturated rings. The highest BCUT2D eigenvalue weighted by molar-refractivity contribution is 7.91. The lowest BCUT2D eigenvalue weighted by Gasteiger charge is -2.16. The molecule has 0 aliphatic carbocycles. The Morgan fingerprint density at radius 1 is 1.00 bits per heavy atom. The van der Waals surface area contributed by atoms with E-state index in [0.717, 1.165) is 0 Å². The van der Waals surface area contributed by atoms with Crippen LogP contribution in [-0.2, 0) is 9.73 Å². The fourth-order valence-electron chi connectivity index (χ4n) is 3.80. The number of nitrogens with zero attached hydrogens (tertiary/aromatic N) is 3. The third-order valence-electron chi connectivity index (χ3n) is 5.82. The van der Waals surface area contributed by atoms with E-state index in [1.807, 2.05) is 6.07 Å². The van der Waals surface area contributed by atoms with E-state index in [-0.39, 0.29) is 27.8 Å². The second-order valence-electron chi connectivity index (χ2n) is 8.49. The number of rotatable bonds is 8. The second kappa shape index (κ2) is 11.2. The number of carbonyl (C=O) groups excluding carboxylic acids is 1. The van der Waals surface area contributed by atoms with Crippen LogP contribution in [0.2, 0.25) is 0 Å². The SMILES string of the molecule is COc1ccc(-c2nnc(Oc3ccc(C#N)cc3OC)c(C(=O)Nc3cccc([S@@](C)(=N)=O)c3)c2C)cc1. The van der Waals surface area contributed by atoms with E-state index in [4.69, 9.17) is 19.0 Å². The third kappa shape index (κ3) is 5.97. The quantitative estimate of drug-likeness (QED) is 0.299. The van der Waals surface area contributed by atoms with Gasteiger partial charge in [-0.1, -0.05) is 6.07 Å². The fraction of sp³-hybridized carbons (Fsp3) is 0.143. The first kappa shape index (κ1) is 27.1. The molecule has 0 bridgehead atoms. The van der Waals surface area contributed by atoms with Crippen LogP contribution in [0.3, 0.4) is 0 Å². The Morgan fingerprint density at radius 2 is 1.74 bits per heavy atom. The highest BCUT2D eigenvalue weighted by Crippen LogP contribution is 2.36. The number of hydrogen-bond donors (Lipinski definition) is 2. The van der Waals surface area contributed by atoms with Gasteiger partial charge in [0.1, 0.15) is 11.3 Å². The van der Waals surface area contributed by atoms with Crippen molar-refractivity contribution in [3.8, 4) is 40.5 Å². The summed E-state index contributed by atoms with van der Waals surface area (Å²) in [5.74, 6) is 0.543. The van der Waals surface area contributed by atoms with Crippen molar-refractivity contribution in [3.05, 3.63) is 83.4 Å². The van der Waals surface area contributed by atoms with Gasteiger partial charge in [0.15, 0.2) is 11.5 Å². The van der Waals surface area contributed by atoms with Crippen LogP contribution in [0.15, 0.2) is 71.6 Å². The number of anilines is 1. The van der Waals surface area contributed by atoms with E-state index in [0.29, 0.717) is 33.8 Å². The van der Waals surface area contributed by atoms with E-state index in [1.54, 1.807) is 68.6 Å². The minimum Gasteiger partial charge on any atom is -0.497 e. The average molecular weight is 544 g/mol. The zero-order valence-corrected chi connectivity index (χ0v) is 22.5. The molecule has 0 aliphatic rings. The predicted octanol–water partition coefficient (Wildman–Crippen LogP) is 5.42. The normalized spacial score (nSPS) is 12.1. The lowest BCUT2D eigenvalue weighted by molar-refractivity contribution is 0.102. The highest BCUT2D eigenvalue weighted by Gasteiger charge is 2.24. The van der Waals surface area contributed by atoms with Crippen LogP contribution in [-0.4, -0.2) is 40.8 Å². The second-order valence-corrected chi connectivity index (χ2v) is 10.6. The molecule has 198 valence electrons. The summed E-state index contributed by atoms with van der Waals surface area (Å²) >= 11 is 0. The van der Waals surface area contributed by atoms with Crippen LogP contribution in [0.5, 0.6) is 23.1 Å². The molecular formula is C28H25N5O5S. The van der Waals surface area contributed by atoms with Gasteiger partial charge in [0.25, 0.3) is 11.8 Å². The Kier molecular flexibility index (Phi) is 7.78. The molecule has 11 heteroatoms. The third-order valence-corrected chi connectivity index (χ3v) is 6.97. The van der Waals surface area contributed by atoms with E-state index in [1.165, 1.54) is 25.5 Å². The first-order valence-electron chi connectivity index (χ1n) is 11.6. The molecule has 1 amide bonds. The van der Waals surface area contributed by atoms with Crippen molar-refractivity contribution < 1.29 is 23.2 Å². The fourth-order valence-corrected chi connectivity index (χ4v) is 4.49. The summed E-state index contributed by atoms with van der Waals surface area (Å²) in [4.78, 5) is 14.0. The van der Waals surface area contributed by atoms with Gasteiger partial charge in [-0.25, -0.2) is 8.99 Å². The van der Waals surface area contributed by atoms with Crippen molar-refractivity contribution in [2.45, 2.75) is 11.8 Å². The van der Waals surface area contributed by atoms with E-state index >= 15 is 0 Å². The topological polar surface area (TPSA) is 147 Å². The number of carbonyl (C=O) groups is 1. The number of aromatic nitrogens is 2. The lowest BCUT2D eigenvalue weighted by Crippen LogP contribution is -2.17. The van der Waals surface area contributed by atoms with Crippen LogP contribution in [0.4, 0.5) is 5.69 Å². The van der Waals surface area contributed by atoms with Crippen LogP contribution in [0, 0.1) is 23.0 Å². The molecule has 0 radical (unpaired) electrons. The first-order valence-corrected chi connectivity index (χ1v) is 13.5. The zero-order valence-electron chi connectivity index (χ0n) is 21.6. The molecule has 4 rings (SSSR count). The van der Waals surface area contributed by atoms with Gasteiger partial charge in [-0.15, -0.1) is 10.2 Å². The molecule has 4 aromatic rings. The van der Waals surface area contributed by atoms with Crippen molar-refractivity contribution in [1.29, 1.82) is 10.0 Å². The molecule has 0 aliphatic heterocycles. The Hall–Kier alpha value is -4.95. The zero-order chi connectivity index (χ0) is 28.2. The minimum atomic E-state index is -2.99. The molecule has 2 N–H and O–H groups in total. The number of ether oxygens (including phenoxy) is 3. The van der Waals surface area contributed by atoms with Crippen molar-refractivity contribution >= 4 is 21.3 Å². The van der Waals surface area contributed by atoms with Gasteiger partial charge < -0.3 is 19.5 Å². The number of nitrogens with one attached hydrogen (secondary N) is 2. The summed E-state index contributed by atoms with van der Waals surface area (Å²) in [5, 5.41) is 20.6. The van der Waals surface area contributed by atoms with Crippen LogP contribution in [0.25, 0.3) is 11.3 Å². The Balaban J connectivity index is 1.81.